The van der Waals surface area contributed by atoms with Crippen LogP contribution >= 0.6 is 0 Å². The zero-order valence-corrected chi connectivity index (χ0v) is 11.0. The van der Waals surface area contributed by atoms with Crippen molar-refractivity contribution in [3.8, 4) is 0 Å². The van der Waals surface area contributed by atoms with Crippen LogP contribution < -0.4 is 5.32 Å². The van der Waals surface area contributed by atoms with Crippen molar-refractivity contribution in [2.75, 3.05) is 6.54 Å². The highest BCUT2D eigenvalue weighted by atomic mass is 16.5. The Balaban J connectivity index is 2.52. The summed E-state index contributed by atoms with van der Waals surface area (Å²) in [7, 11) is 0. The highest BCUT2D eigenvalue weighted by Crippen LogP contribution is 2.27. The van der Waals surface area contributed by atoms with Crippen LogP contribution in [0.25, 0.3) is 0 Å². The molecule has 1 N–H and O–H groups in total. The molecule has 1 atom stereocenters. The molecule has 1 unspecified atom stereocenters. The molecular formula is C12H23N3O. The fourth-order valence-electron chi connectivity index (χ4n) is 1.25. The van der Waals surface area contributed by atoms with Crippen LogP contribution in [0.15, 0.2) is 4.52 Å². The molecule has 0 aliphatic rings. The fraction of sp³-hybridized carbons (Fsp3) is 0.833. The maximum atomic E-state index is 5.23. The predicted molar refractivity (Wildman–Crippen MR) is 64.0 cm³/mol. The number of nitrogens with zero attached hydrogens (tertiary/aromatic N) is 2. The van der Waals surface area contributed by atoms with Crippen molar-refractivity contribution in [3.05, 3.63) is 11.7 Å². The third kappa shape index (κ3) is 3.93. The van der Waals surface area contributed by atoms with E-state index in [2.05, 4.69) is 50.1 Å². The Morgan fingerprint density at radius 2 is 2.06 bits per heavy atom. The van der Waals surface area contributed by atoms with Crippen LogP contribution in [-0.2, 0) is 13.0 Å². The molecule has 4 nitrogen and oxygen atoms in total. The summed E-state index contributed by atoms with van der Waals surface area (Å²) in [5, 5.41) is 7.12. The van der Waals surface area contributed by atoms with Crippen LogP contribution in [0, 0.1) is 11.3 Å². The first-order valence-corrected chi connectivity index (χ1v) is 5.95. The lowest BCUT2D eigenvalue weighted by Gasteiger charge is -2.25. The summed E-state index contributed by atoms with van der Waals surface area (Å²) < 4.78 is 5.23. The van der Waals surface area contributed by atoms with E-state index in [1.54, 1.807) is 0 Å². The summed E-state index contributed by atoms with van der Waals surface area (Å²) in [6, 6.07) is 0. The maximum Gasteiger partial charge on any atom is 0.226 e. The molecule has 16 heavy (non-hydrogen) atoms. The molecular weight excluding hydrogens is 202 g/mol. The molecule has 0 aliphatic carbocycles. The van der Waals surface area contributed by atoms with Crippen molar-refractivity contribution in [3.63, 3.8) is 0 Å². The molecule has 92 valence electrons. The molecule has 1 aromatic heterocycles. The van der Waals surface area contributed by atoms with Gasteiger partial charge in [-0.25, -0.2) is 0 Å². The van der Waals surface area contributed by atoms with Crippen LogP contribution in [0.5, 0.6) is 0 Å². The topological polar surface area (TPSA) is 51.0 Å². The Kier molecular flexibility index (Phi) is 4.47. The van der Waals surface area contributed by atoms with Crippen LogP contribution in [0.2, 0.25) is 0 Å². The molecule has 0 fully saturated rings. The molecule has 0 spiro atoms. The second-order valence-corrected chi connectivity index (χ2v) is 5.36. The third-order valence-corrected chi connectivity index (χ3v) is 3.00. The van der Waals surface area contributed by atoms with E-state index in [0.29, 0.717) is 12.5 Å². The van der Waals surface area contributed by atoms with Gasteiger partial charge in [0.15, 0.2) is 5.82 Å². The minimum absolute atomic E-state index is 0.274. The first-order valence-electron chi connectivity index (χ1n) is 5.95. The highest BCUT2D eigenvalue weighted by Gasteiger charge is 2.22. The number of hydrogen-bond donors (Lipinski definition) is 1. The minimum Gasteiger partial charge on any atom is -0.339 e. The number of nitrogens with one attached hydrogen (secondary N) is 1. The summed E-state index contributed by atoms with van der Waals surface area (Å²) in [5.41, 5.74) is 0.274. The lowest BCUT2D eigenvalue weighted by atomic mass is 9.80. The van der Waals surface area contributed by atoms with Gasteiger partial charge < -0.3 is 9.84 Å². The molecule has 1 rings (SSSR count). The van der Waals surface area contributed by atoms with E-state index >= 15 is 0 Å². The van der Waals surface area contributed by atoms with E-state index < -0.39 is 0 Å². The molecule has 0 aliphatic heterocycles. The van der Waals surface area contributed by atoms with Gasteiger partial charge in [-0.2, -0.15) is 4.98 Å². The predicted octanol–water partition coefficient (Wildman–Crippen LogP) is 2.40. The molecule has 1 aromatic rings. The van der Waals surface area contributed by atoms with E-state index in [0.717, 1.165) is 24.7 Å². The average Bonchev–Trinajstić information content (AvgIpc) is 2.61. The first kappa shape index (κ1) is 13.2. The Labute approximate surface area is 97.8 Å². The molecule has 4 heteroatoms. The summed E-state index contributed by atoms with van der Waals surface area (Å²) in [5.74, 6) is 2.02. The molecule has 0 saturated carbocycles. The fourth-order valence-corrected chi connectivity index (χ4v) is 1.25. The van der Waals surface area contributed by atoms with E-state index in [1.165, 1.54) is 0 Å². The molecule has 0 amide bonds. The second kappa shape index (κ2) is 5.43. The maximum absolute atomic E-state index is 5.23. The number of aromatic nitrogens is 2. The van der Waals surface area contributed by atoms with Gasteiger partial charge >= 0.3 is 0 Å². The highest BCUT2D eigenvalue weighted by molar-refractivity contribution is 4.89. The standard InChI is InChI=1S/C12H23N3O/c1-6-13-8-10-14-11(16-15-10)7-9(2)12(3,4)5/h9,13H,6-8H2,1-5H3. The Bertz CT molecular complexity index is 314. The van der Waals surface area contributed by atoms with Crippen LogP contribution in [0.4, 0.5) is 0 Å². The van der Waals surface area contributed by atoms with Gasteiger partial charge in [0.2, 0.25) is 5.89 Å². The van der Waals surface area contributed by atoms with E-state index in [9.17, 15) is 0 Å². The van der Waals surface area contributed by atoms with Gasteiger partial charge in [0.05, 0.1) is 6.54 Å². The molecule has 0 radical (unpaired) electrons. The largest absolute Gasteiger partial charge is 0.339 e. The SMILES string of the molecule is CCNCc1noc(CC(C)C(C)(C)C)n1. The van der Waals surface area contributed by atoms with Gasteiger partial charge in [0.25, 0.3) is 0 Å². The van der Waals surface area contributed by atoms with Gasteiger partial charge in [-0.1, -0.05) is 39.8 Å². The summed E-state index contributed by atoms with van der Waals surface area (Å²) >= 11 is 0. The third-order valence-electron chi connectivity index (χ3n) is 3.00. The summed E-state index contributed by atoms with van der Waals surface area (Å²) in [6.07, 6.45) is 0.850. The van der Waals surface area contributed by atoms with Crippen LogP contribution in [0.1, 0.15) is 46.3 Å². The van der Waals surface area contributed by atoms with Crippen molar-refractivity contribution in [2.45, 2.75) is 47.6 Å². The first-order chi connectivity index (χ1) is 7.43. The molecule has 0 saturated heterocycles. The van der Waals surface area contributed by atoms with Crippen molar-refractivity contribution in [2.24, 2.45) is 11.3 Å². The quantitative estimate of drug-likeness (QED) is 0.836. The van der Waals surface area contributed by atoms with Gasteiger partial charge in [0, 0.05) is 6.42 Å². The lowest BCUT2D eigenvalue weighted by Crippen LogP contribution is -2.19. The second-order valence-electron chi connectivity index (χ2n) is 5.36. The van der Waals surface area contributed by atoms with E-state index in [4.69, 9.17) is 4.52 Å². The number of rotatable bonds is 5. The summed E-state index contributed by atoms with van der Waals surface area (Å²) in [4.78, 5) is 4.36. The molecule has 1 heterocycles. The zero-order valence-electron chi connectivity index (χ0n) is 11.0. The molecule has 0 aromatic carbocycles. The molecule has 0 bridgehead atoms. The smallest absolute Gasteiger partial charge is 0.226 e. The Morgan fingerprint density at radius 1 is 1.38 bits per heavy atom. The Morgan fingerprint density at radius 3 is 2.62 bits per heavy atom. The average molecular weight is 225 g/mol. The minimum atomic E-state index is 0.274. The van der Waals surface area contributed by atoms with Crippen molar-refractivity contribution >= 4 is 0 Å². The van der Waals surface area contributed by atoms with Gasteiger partial charge in [-0.15, -0.1) is 0 Å². The lowest BCUT2D eigenvalue weighted by molar-refractivity contribution is 0.236. The summed E-state index contributed by atoms with van der Waals surface area (Å²) in [6.45, 7) is 12.6. The van der Waals surface area contributed by atoms with Crippen LogP contribution in [-0.4, -0.2) is 16.7 Å². The number of hydrogen-bond acceptors (Lipinski definition) is 4. The van der Waals surface area contributed by atoms with Gasteiger partial charge in [-0.05, 0) is 17.9 Å². The van der Waals surface area contributed by atoms with Crippen molar-refractivity contribution in [1.82, 2.24) is 15.5 Å². The van der Waals surface area contributed by atoms with E-state index in [1.807, 2.05) is 0 Å². The van der Waals surface area contributed by atoms with Crippen molar-refractivity contribution in [1.29, 1.82) is 0 Å². The monoisotopic (exact) mass is 225 g/mol. The Hall–Kier alpha value is -0.900. The van der Waals surface area contributed by atoms with Gasteiger partial charge in [-0.3, -0.25) is 0 Å². The normalized spacial score (nSPS) is 14.1. The van der Waals surface area contributed by atoms with Crippen LogP contribution in [0.3, 0.4) is 0 Å². The van der Waals surface area contributed by atoms with Crippen molar-refractivity contribution < 1.29 is 4.52 Å². The zero-order chi connectivity index (χ0) is 12.2. The van der Waals surface area contributed by atoms with Gasteiger partial charge in [0.1, 0.15) is 0 Å². The van der Waals surface area contributed by atoms with E-state index in [-0.39, 0.29) is 5.41 Å².